The first-order chi connectivity index (χ1) is 44.1. The van der Waals surface area contributed by atoms with Gasteiger partial charge in [0.15, 0.2) is 6.26 Å². The van der Waals surface area contributed by atoms with Gasteiger partial charge in [0.05, 0.1) is 43.1 Å². The van der Waals surface area contributed by atoms with Crippen LogP contribution in [0.4, 0.5) is 9.59 Å². The number of rotatable bonds is 35. The van der Waals surface area contributed by atoms with Gasteiger partial charge in [0.1, 0.15) is 78.2 Å². The fourth-order valence-electron chi connectivity index (χ4n) is 6.82. The molecule has 24 nitrogen and oxygen atoms in total. The van der Waals surface area contributed by atoms with Gasteiger partial charge in [-0.1, -0.05) is 32.0 Å². The van der Waals surface area contributed by atoms with Crippen LogP contribution in [0.15, 0.2) is 196 Å². The highest BCUT2D eigenvalue weighted by atomic mass is 17.2. The summed E-state index contributed by atoms with van der Waals surface area (Å²) >= 11 is 0. The fourth-order valence-corrected chi connectivity index (χ4v) is 6.82. The Morgan fingerprint density at radius 1 is 0.374 bits per heavy atom. The Morgan fingerprint density at radius 3 is 1.14 bits per heavy atom. The molecule has 91 heavy (non-hydrogen) atoms. The van der Waals surface area contributed by atoms with Crippen molar-refractivity contribution in [2.75, 3.05) is 59.6 Å². The predicted octanol–water partition coefficient (Wildman–Crippen LogP) is 11.5. The summed E-state index contributed by atoms with van der Waals surface area (Å²) in [7, 11) is 0. The third kappa shape index (κ3) is 27.7. The average molecular weight is 1250 g/mol. The Hall–Kier alpha value is -11.6. The highest BCUT2D eigenvalue weighted by Gasteiger charge is 2.16. The molecule has 0 N–H and O–H groups in total. The number of carbonyl (C=O) groups excluding carboxylic acids is 8. The van der Waals surface area contributed by atoms with E-state index in [1.165, 1.54) is 79.1 Å². The lowest BCUT2D eigenvalue weighted by atomic mass is 10.2. The summed E-state index contributed by atoms with van der Waals surface area (Å²) in [6.45, 7) is 16.1. The van der Waals surface area contributed by atoms with Gasteiger partial charge < -0.3 is 71.2 Å². The molecule has 0 saturated heterocycles. The van der Waals surface area contributed by atoms with Gasteiger partial charge in [-0.25, -0.2) is 38.4 Å². The Bertz CT molecular complexity index is 3290. The van der Waals surface area contributed by atoms with E-state index in [1.807, 2.05) is 19.1 Å². The van der Waals surface area contributed by atoms with E-state index in [4.69, 9.17) is 66.6 Å². The second-order valence-electron chi connectivity index (χ2n) is 17.9. The summed E-state index contributed by atoms with van der Waals surface area (Å²) in [5.41, 5.74) is 3.93. The van der Waals surface area contributed by atoms with Gasteiger partial charge >= 0.3 is 48.1 Å². The lowest BCUT2D eigenvalue weighted by Gasteiger charge is -2.12. The zero-order chi connectivity index (χ0) is 65.4. The van der Waals surface area contributed by atoms with Crippen molar-refractivity contribution in [3.8, 4) is 51.7 Å². The molecule has 0 fully saturated rings. The molecule has 0 aliphatic heterocycles. The topological polar surface area (TPSA) is 284 Å². The van der Waals surface area contributed by atoms with Crippen molar-refractivity contribution in [1.82, 2.24) is 0 Å². The van der Waals surface area contributed by atoms with E-state index in [9.17, 15) is 38.4 Å². The maximum Gasteiger partial charge on any atom is 0.513 e. The Morgan fingerprint density at radius 2 is 0.714 bits per heavy atom. The normalized spacial score (nSPS) is 10.0. The molecule has 0 bridgehead atoms. The number of hydrogen-bond donors (Lipinski definition) is 0. The van der Waals surface area contributed by atoms with E-state index in [2.05, 4.69) is 41.5 Å². The summed E-state index contributed by atoms with van der Waals surface area (Å²) in [4.78, 5) is 104. The summed E-state index contributed by atoms with van der Waals surface area (Å²) < 4.78 is 72.7. The fraction of sp³-hybridized carbons (Fsp3) is 0.209. The molecule has 6 aromatic rings. The molecule has 0 amide bonds. The molecule has 6 rings (SSSR count). The molecule has 0 aliphatic carbocycles. The number of unbranched alkanes of at least 4 members (excludes halogenated alkanes) is 2. The second kappa shape index (κ2) is 40.0. The Kier molecular flexibility index (Phi) is 30.8. The molecule has 0 aliphatic rings. The van der Waals surface area contributed by atoms with Gasteiger partial charge in [0, 0.05) is 18.2 Å². The van der Waals surface area contributed by atoms with E-state index < -0.39 is 48.1 Å². The van der Waals surface area contributed by atoms with Crippen LogP contribution in [0.3, 0.4) is 0 Å². The van der Waals surface area contributed by atoms with E-state index >= 15 is 0 Å². The zero-order valence-corrected chi connectivity index (χ0v) is 49.4. The van der Waals surface area contributed by atoms with Gasteiger partial charge in [-0.3, -0.25) is 0 Å². The van der Waals surface area contributed by atoms with Crippen LogP contribution in [0.2, 0.25) is 0 Å². The number of aryl methyl sites for hydroxylation is 1. The number of hydrogen-bond acceptors (Lipinski definition) is 24. The van der Waals surface area contributed by atoms with Crippen LogP contribution >= 0.6 is 0 Å². The lowest BCUT2D eigenvalue weighted by Crippen LogP contribution is -2.16. The second-order valence-corrected chi connectivity index (χ2v) is 17.9. The van der Waals surface area contributed by atoms with E-state index in [0.717, 1.165) is 42.4 Å². The summed E-state index contributed by atoms with van der Waals surface area (Å²) in [6.07, 6.45) is 5.27. The molecule has 0 heterocycles. The van der Waals surface area contributed by atoms with Crippen LogP contribution in [-0.2, 0) is 47.8 Å². The highest BCUT2D eigenvalue weighted by Crippen LogP contribution is 2.27. The molecule has 24 heteroatoms. The van der Waals surface area contributed by atoms with E-state index in [1.54, 1.807) is 54.6 Å². The molecular formula is C67H64O24. The monoisotopic (exact) mass is 1250 g/mol. The molecular weight excluding hydrogens is 1190 g/mol. The van der Waals surface area contributed by atoms with Gasteiger partial charge in [-0.15, -0.1) is 0 Å². The lowest BCUT2D eigenvalue weighted by molar-refractivity contribution is -0.249. The van der Waals surface area contributed by atoms with Gasteiger partial charge in [0.2, 0.25) is 6.79 Å². The van der Waals surface area contributed by atoms with Crippen molar-refractivity contribution >= 4 is 48.1 Å². The minimum absolute atomic E-state index is 0.000471. The first-order valence-corrected chi connectivity index (χ1v) is 27.6. The minimum atomic E-state index is -1.03. The van der Waals surface area contributed by atoms with Crippen LogP contribution in [0.25, 0.3) is 0 Å². The molecule has 0 atom stereocenters. The summed E-state index contributed by atoms with van der Waals surface area (Å²) in [6, 6.07) is 35.6. The quantitative estimate of drug-likeness (QED) is 0.00305. The number of ether oxygens (including phenoxy) is 14. The maximum absolute atomic E-state index is 12.6. The van der Waals surface area contributed by atoms with Crippen LogP contribution in [-0.4, -0.2) is 108 Å². The first kappa shape index (κ1) is 70.1. The SMILES string of the molecule is C=C=COOCCCCOc1ccc(OCOc2ccc(OC(=O)c3ccc(OCCCCOC(=O)C=C)cc3)cc2C)cc1.C=CC(=O)OCCOC(=O)Oc1ccc(C(=O)Oc2ccc(OC(=O)c3ccc(OC(=O)OCCOC(=O)C=C)cc3)cc2)cc1. The van der Waals surface area contributed by atoms with Crippen molar-refractivity contribution in [1.29, 1.82) is 0 Å². The standard InChI is InChI=1S/C35H38O10.C32H26O14/c1-4-20-43-44-24-9-8-22-39-30-14-16-31(17-15-30)41-26-42-33-19-18-32(25-27(33)3)45-35(37)28-10-12-29(13-11-28)38-21-6-7-23-40-34(36)5-2;1-3-27(33)39-17-19-41-31(37)45-25-9-5-21(6-10-25)29(35)43-23-13-15-24(16-14-23)44-30(36)22-7-11-26(12-8-22)46-32(38)42-20-18-40-28(34)4-2/h5,10-20,25H,1-2,6-9,21-24,26H2,3H3;3-16H,1-2,17-20H2. The van der Waals surface area contributed by atoms with Crippen molar-refractivity contribution < 1.29 is 114 Å². The van der Waals surface area contributed by atoms with E-state index in [0.29, 0.717) is 67.8 Å². The molecule has 0 radical (unpaired) electrons. The Balaban J connectivity index is 0.000000331. The molecule has 0 aromatic heterocycles. The highest BCUT2D eigenvalue weighted by molar-refractivity contribution is 5.93. The average Bonchev–Trinajstić information content (AvgIpc) is 3.03. The van der Waals surface area contributed by atoms with Crippen LogP contribution in [0, 0.1) is 6.92 Å². The molecule has 0 unspecified atom stereocenters. The number of benzene rings is 6. The number of esters is 6. The third-order valence-corrected chi connectivity index (χ3v) is 11.3. The Labute approximate surface area is 523 Å². The van der Waals surface area contributed by atoms with Crippen LogP contribution < -0.4 is 42.6 Å². The molecule has 6 aromatic carbocycles. The predicted molar refractivity (Wildman–Crippen MR) is 322 cm³/mol. The van der Waals surface area contributed by atoms with Gasteiger partial charge in [-0.05, 0) is 178 Å². The maximum atomic E-state index is 12.6. The van der Waals surface area contributed by atoms with Crippen molar-refractivity contribution in [2.24, 2.45) is 0 Å². The smallest absolute Gasteiger partial charge is 0.494 e. The molecule has 0 saturated carbocycles. The minimum Gasteiger partial charge on any atom is -0.494 e. The summed E-state index contributed by atoms with van der Waals surface area (Å²) in [5, 5.41) is 0. The van der Waals surface area contributed by atoms with Crippen molar-refractivity contribution in [2.45, 2.75) is 32.6 Å². The van der Waals surface area contributed by atoms with Gasteiger partial charge in [0.25, 0.3) is 0 Å². The number of carbonyl (C=O) groups is 8. The third-order valence-electron chi connectivity index (χ3n) is 11.3. The van der Waals surface area contributed by atoms with Crippen molar-refractivity contribution in [3.63, 3.8) is 0 Å². The molecule has 476 valence electrons. The molecule has 0 spiro atoms. The van der Waals surface area contributed by atoms with Crippen LogP contribution in [0.5, 0.6) is 51.7 Å². The zero-order valence-electron chi connectivity index (χ0n) is 49.4. The largest absolute Gasteiger partial charge is 0.513 e. The van der Waals surface area contributed by atoms with Gasteiger partial charge in [-0.2, -0.15) is 4.89 Å². The van der Waals surface area contributed by atoms with Crippen molar-refractivity contribution in [3.05, 3.63) is 218 Å². The van der Waals surface area contributed by atoms with Crippen LogP contribution in [0.1, 0.15) is 62.3 Å². The first-order valence-electron chi connectivity index (χ1n) is 27.6. The van der Waals surface area contributed by atoms with E-state index in [-0.39, 0.29) is 67.3 Å². The summed E-state index contributed by atoms with van der Waals surface area (Å²) in [5.74, 6) is -0.130.